The van der Waals surface area contributed by atoms with E-state index in [-0.39, 0.29) is 11.3 Å². The highest BCUT2D eigenvalue weighted by atomic mass is 32.1. The number of aliphatic hydroxyl groups excluding tert-OH is 1. The Kier molecular flexibility index (Phi) is 6.04. The number of aliphatic hydroxyl groups is 1. The lowest BCUT2D eigenvalue weighted by Crippen LogP contribution is -2.42. The van der Waals surface area contributed by atoms with E-state index in [0.29, 0.717) is 31.9 Å². The van der Waals surface area contributed by atoms with Crippen LogP contribution in [0.3, 0.4) is 0 Å². The second kappa shape index (κ2) is 8.71. The summed E-state index contributed by atoms with van der Waals surface area (Å²) in [6, 6.07) is 8.99. The molecule has 158 valence electrons. The number of nitrogens with zero attached hydrogens (tertiary/aromatic N) is 2. The van der Waals surface area contributed by atoms with Crippen molar-refractivity contribution in [2.24, 2.45) is 0 Å². The number of hydrogen-bond acceptors (Lipinski definition) is 6. The molecule has 2 aromatic rings. The van der Waals surface area contributed by atoms with Crippen LogP contribution in [0.25, 0.3) is 5.76 Å². The van der Waals surface area contributed by atoms with Gasteiger partial charge >= 0.3 is 0 Å². The predicted molar refractivity (Wildman–Crippen MR) is 117 cm³/mol. The van der Waals surface area contributed by atoms with Gasteiger partial charge in [-0.15, -0.1) is 11.3 Å². The molecule has 4 rings (SSSR count). The minimum atomic E-state index is -0.617. The summed E-state index contributed by atoms with van der Waals surface area (Å²) < 4.78 is 5.39. The number of morpholine rings is 1. The van der Waals surface area contributed by atoms with Crippen molar-refractivity contribution in [2.45, 2.75) is 19.9 Å². The average molecular weight is 427 g/mol. The standard InChI is InChI=1S/C23H26N2O4S/c1-15-5-6-16(2)17(14-15)21(26)19-20(18-4-3-13-30-18)25(23(28)22(19)27)8-7-24-9-11-29-12-10-24/h3-6,13-14,20,26H,7-12H2,1-2H3/b21-19+. The molecule has 0 saturated carbocycles. The zero-order valence-electron chi connectivity index (χ0n) is 17.3. The molecule has 6 nitrogen and oxygen atoms in total. The summed E-state index contributed by atoms with van der Waals surface area (Å²) in [6.45, 7) is 7.92. The number of Topliss-reactive ketones (excluding diaryl/α,β-unsaturated/α-hetero) is 1. The van der Waals surface area contributed by atoms with Gasteiger partial charge in [-0.1, -0.05) is 23.8 Å². The van der Waals surface area contributed by atoms with Gasteiger partial charge in [0.25, 0.3) is 11.7 Å². The molecule has 0 radical (unpaired) electrons. The maximum atomic E-state index is 13.0. The molecular formula is C23H26N2O4S. The molecule has 1 unspecified atom stereocenters. The Bertz CT molecular complexity index is 977. The molecule has 2 aliphatic rings. The Hall–Kier alpha value is -2.48. The molecule has 2 aliphatic heterocycles. The molecule has 0 aliphatic carbocycles. The second-order valence-electron chi connectivity index (χ2n) is 7.78. The quantitative estimate of drug-likeness (QED) is 0.452. The zero-order chi connectivity index (χ0) is 21.3. The minimum absolute atomic E-state index is 0.0955. The number of carbonyl (C=O) groups is 2. The Labute approximate surface area is 180 Å². The number of ketones is 1. The zero-order valence-corrected chi connectivity index (χ0v) is 18.1. The van der Waals surface area contributed by atoms with Crippen LogP contribution in [0, 0.1) is 13.8 Å². The van der Waals surface area contributed by atoms with Crippen molar-refractivity contribution in [1.29, 1.82) is 0 Å². The first-order valence-corrected chi connectivity index (χ1v) is 11.0. The first-order chi connectivity index (χ1) is 14.5. The fraction of sp³-hybridized carbons (Fsp3) is 0.391. The van der Waals surface area contributed by atoms with Crippen LogP contribution in [0.2, 0.25) is 0 Å². The van der Waals surface area contributed by atoms with E-state index in [9.17, 15) is 14.7 Å². The normalized spacial score (nSPS) is 22.1. The molecular weight excluding hydrogens is 400 g/mol. The number of benzene rings is 1. The van der Waals surface area contributed by atoms with Crippen LogP contribution in [-0.2, 0) is 14.3 Å². The maximum Gasteiger partial charge on any atom is 0.295 e. The van der Waals surface area contributed by atoms with Crippen LogP contribution in [0.5, 0.6) is 0 Å². The van der Waals surface area contributed by atoms with Crippen molar-refractivity contribution < 1.29 is 19.4 Å². The third kappa shape index (κ3) is 3.93. The number of ether oxygens (including phenoxy) is 1. The van der Waals surface area contributed by atoms with Gasteiger partial charge in [-0.2, -0.15) is 0 Å². The lowest BCUT2D eigenvalue weighted by molar-refractivity contribution is -0.140. The van der Waals surface area contributed by atoms with Gasteiger partial charge in [-0.05, 0) is 36.9 Å². The third-order valence-corrected chi connectivity index (χ3v) is 6.69. The van der Waals surface area contributed by atoms with Gasteiger partial charge in [0.2, 0.25) is 0 Å². The number of aryl methyl sites for hydroxylation is 2. The molecule has 1 amide bonds. The van der Waals surface area contributed by atoms with Crippen molar-refractivity contribution in [1.82, 2.24) is 9.80 Å². The Morgan fingerprint density at radius 1 is 1.17 bits per heavy atom. The predicted octanol–water partition coefficient (Wildman–Crippen LogP) is 3.12. The van der Waals surface area contributed by atoms with E-state index < -0.39 is 17.7 Å². The van der Waals surface area contributed by atoms with Crippen LogP contribution in [0.1, 0.15) is 27.6 Å². The molecule has 0 bridgehead atoms. The fourth-order valence-corrected chi connectivity index (χ4v) is 4.91. The topological polar surface area (TPSA) is 70.1 Å². The summed E-state index contributed by atoms with van der Waals surface area (Å²) in [6.07, 6.45) is 0. The van der Waals surface area contributed by atoms with E-state index in [1.165, 1.54) is 11.3 Å². The van der Waals surface area contributed by atoms with Crippen LogP contribution in [-0.4, -0.2) is 66.0 Å². The smallest absolute Gasteiger partial charge is 0.295 e. The van der Waals surface area contributed by atoms with Gasteiger partial charge in [0.1, 0.15) is 5.76 Å². The summed E-state index contributed by atoms with van der Waals surface area (Å²) in [5, 5.41) is 13.1. The van der Waals surface area contributed by atoms with E-state index in [2.05, 4.69) is 4.90 Å². The highest BCUT2D eigenvalue weighted by molar-refractivity contribution is 7.10. The molecule has 1 aromatic carbocycles. The number of carbonyl (C=O) groups excluding carboxylic acids is 2. The number of rotatable bonds is 5. The average Bonchev–Trinajstić information content (AvgIpc) is 3.36. The van der Waals surface area contributed by atoms with Crippen molar-refractivity contribution in [2.75, 3.05) is 39.4 Å². The van der Waals surface area contributed by atoms with Crippen molar-refractivity contribution >= 4 is 28.8 Å². The Morgan fingerprint density at radius 2 is 1.93 bits per heavy atom. The minimum Gasteiger partial charge on any atom is -0.507 e. The van der Waals surface area contributed by atoms with Crippen LogP contribution < -0.4 is 0 Å². The first-order valence-electron chi connectivity index (χ1n) is 10.2. The maximum absolute atomic E-state index is 13.0. The highest BCUT2D eigenvalue weighted by Crippen LogP contribution is 2.41. The van der Waals surface area contributed by atoms with Crippen LogP contribution >= 0.6 is 11.3 Å². The van der Waals surface area contributed by atoms with E-state index >= 15 is 0 Å². The molecule has 30 heavy (non-hydrogen) atoms. The third-order valence-electron chi connectivity index (χ3n) is 5.76. The molecule has 2 saturated heterocycles. The van der Waals surface area contributed by atoms with Gasteiger partial charge in [-0.25, -0.2) is 0 Å². The van der Waals surface area contributed by atoms with Gasteiger partial charge in [0.05, 0.1) is 24.8 Å². The van der Waals surface area contributed by atoms with Crippen LogP contribution in [0.15, 0.2) is 41.3 Å². The molecule has 1 N–H and O–H groups in total. The molecule has 1 atom stereocenters. The molecule has 3 heterocycles. The largest absolute Gasteiger partial charge is 0.507 e. The summed E-state index contributed by atoms with van der Waals surface area (Å²) in [4.78, 5) is 30.7. The fourth-order valence-electron chi connectivity index (χ4n) is 4.06. The Balaban J connectivity index is 1.73. The molecule has 0 spiro atoms. The molecule has 2 fully saturated rings. The first kappa shape index (κ1) is 20.8. The molecule has 7 heteroatoms. The highest BCUT2D eigenvalue weighted by Gasteiger charge is 2.46. The summed E-state index contributed by atoms with van der Waals surface area (Å²) in [5.41, 5.74) is 2.62. The summed E-state index contributed by atoms with van der Waals surface area (Å²) in [5.74, 6) is -1.26. The lowest BCUT2D eigenvalue weighted by Gasteiger charge is -2.30. The van der Waals surface area contributed by atoms with E-state index in [1.807, 2.05) is 49.6 Å². The van der Waals surface area contributed by atoms with Gasteiger partial charge in [0.15, 0.2) is 0 Å². The summed E-state index contributed by atoms with van der Waals surface area (Å²) in [7, 11) is 0. The number of amides is 1. The van der Waals surface area contributed by atoms with Gasteiger partial charge in [0, 0.05) is 36.6 Å². The summed E-state index contributed by atoms with van der Waals surface area (Å²) >= 11 is 1.49. The van der Waals surface area contributed by atoms with Crippen molar-refractivity contribution in [3.05, 3.63) is 62.9 Å². The van der Waals surface area contributed by atoms with E-state index in [0.717, 1.165) is 29.1 Å². The van der Waals surface area contributed by atoms with Crippen molar-refractivity contribution in [3.63, 3.8) is 0 Å². The van der Waals surface area contributed by atoms with Crippen LogP contribution in [0.4, 0.5) is 0 Å². The van der Waals surface area contributed by atoms with E-state index in [1.54, 1.807) is 4.90 Å². The number of thiophene rings is 1. The monoisotopic (exact) mass is 426 g/mol. The van der Waals surface area contributed by atoms with Gasteiger partial charge in [-0.3, -0.25) is 14.5 Å². The molecule has 1 aromatic heterocycles. The SMILES string of the molecule is Cc1ccc(C)c(/C(O)=C2\C(=O)C(=O)N(CCN3CCOCC3)C2c2cccs2)c1. The lowest BCUT2D eigenvalue weighted by atomic mass is 9.96. The van der Waals surface area contributed by atoms with Gasteiger partial charge < -0.3 is 14.7 Å². The Morgan fingerprint density at radius 3 is 2.63 bits per heavy atom. The van der Waals surface area contributed by atoms with E-state index in [4.69, 9.17) is 4.74 Å². The second-order valence-corrected chi connectivity index (χ2v) is 8.76. The number of hydrogen-bond donors (Lipinski definition) is 1. The van der Waals surface area contributed by atoms with Crippen molar-refractivity contribution in [3.8, 4) is 0 Å². The number of likely N-dealkylation sites (tertiary alicyclic amines) is 1.